The van der Waals surface area contributed by atoms with Crippen LogP contribution in [0.15, 0.2) is 23.1 Å². The van der Waals surface area contributed by atoms with Crippen molar-refractivity contribution in [3.63, 3.8) is 0 Å². The van der Waals surface area contributed by atoms with Gasteiger partial charge in [0.2, 0.25) is 5.91 Å². The molecule has 1 aromatic carbocycles. The lowest BCUT2D eigenvalue weighted by Crippen LogP contribution is -2.40. The molecular weight excluding hydrogens is 280 g/mol. The summed E-state index contributed by atoms with van der Waals surface area (Å²) < 4.78 is 26.4. The molecule has 1 atom stereocenters. The zero-order valence-electron chi connectivity index (χ0n) is 11.5. The van der Waals surface area contributed by atoms with Crippen LogP contribution < -0.4 is 5.32 Å². The monoisotopic (exact) mass is 299 g/mol. The van der Waals surface area contributed by atoms with Gasteiger partial charge < -0.3 is 5.32 Å². The van der Waals surface area contributed by atoms with Crippen LogP contribution in [-0.4, -0.2) is 17.2 Å². The van der Waals surface area contributed by atoms with E-state index in [0.717, 1.165) is 43.5 Å². The quantitative estimate of drug-likeness (QED) is 0.855. The summed E-state index contributed by atoms with van der Waals surface area (Å²) in [4.78, 5) is 12.4. The van der Waals surface area contributed by atoms with Crippen molar-refractivity contribution in [3.8, 4) is 0 Å². The normalized spacial score (nSPS) is 17.8. The molecule has 0 bridgehead atoms. The fourth-order valence-corrected chi connectivity index (χ4v) is 3.25. The number of thioether (sulfide) groups is 1. The molecule has 0 saturated heterocycles. The number of amides is 1. The highest BCUT2D eigenvalue weighted by atomic mass is 32.2. The number of hydrogen-bond acceptors (Lipinski definition) is 2. The van der Waals surface area contributed by atoms with Crippen LogP contribution >= 0.6 is 11.8 Å². The van der Waals surface area contributed by atoms with Gasteiger partial charge in [0, 0.05) is 17.0 Å². The van der Waals surface area contributed by atoms with Gasteiger partial charge in [-0.1, -0.05) is 19.3 Å². The predicted octanol–water partition coefficient (Wildman–Crippen LogP) is 3.89. The van der Waals surface area contributed by atoms with E-state index in [1.165, 1.54) is 18.6 Å². The summed E-state index contributed by atoms with van der Waals surface area (Å²) in [5.41, 5.74) is 0. The van der Waals surface area contributed by atoms with Crippen LogP contribution in [0.4, 0.5) is 8.78 Å². The molecule has 5 heteroatoms. The average molecular weight is 299 g/mol. The van der Waals surface area contributed by atoms with Gasteiger partial charge in [-0.15, -0.1) is 11.8 Å². The Morgan fingerprint density at radius 2 is 2.00 bits per heavy atom. The molecule has 0 heterocycles. The lowest BCUT2D eigenvalue weighted by Gasteiger charge is -2.24. The summed E-state index contributed by atoms with van der Waals surface area (Å²) in [6.07, 6.45) is 5.58. The van der Waals surface area contributed by atoms with Gasteiger partial charge in [0.25, 0.3) is 0 Å². The SMILES string of the molecule is C[C@H](Sc1ccc(F)cc1F)C(=O)NC1CCCCC1. The molecule has 1 aliphatic rings. The summed E-state index contributed by atoms with van der Waals surface area (Å²) in [5.74, 6) is -1.30. The van der Waals surface area contributed by atoms with Crippen molar-refractivity contribution in [1.29, 1.82) is 0 Å². The minimum Gasteiger partial charge on any atom is -0.352 e. The summed E-state index contributed by atoms with van der Waals surface area (Å²) in [6, 6.07) is 3.67. The Kier molecular flexibility index (Phi) is 5.40. The first kappa shape index (κ1) is 15.3. The van der Waals surface area contributed by atoms with E-state index >= 15 is 0 Å². The Morgan fingerprint density at radius 3 is 2.65 bits per heavy atom. The van der Waals surface area contributed by atoms with Crippen molar-refractivity contribution in [2.24, 2.45) is 0 Å². The van der Waals surface area contributed by atoms with Crippen molar-refractivity contribution in [3.05, 3.63) is 29.8 Å². The molecule has 0 aromatic heterocycles. The molecule has 0 aliphatic heterocycles. The Hall–Kier alpha value is -1.10. The van der Waals surface area contributed by atoms with Crippen LogP contribution in [0.1, 0.15) is 39.0 Å². The molecule has 1 amide bonds. The molecule has 1 saturated carbocycles. The number of rotatable bonds is 4. The maximum absolute atomic E-state index is 13.5. The summed E-state index contributed by atoms with van der Waals surface area (Å²) >= 11 is 1.12. The fourth-order valence-electron chi connectivity index (χ4n) is 2.38. The van der Waals surface area contributed by atoms with E-state index in [0.29, 0.717) is 4.90 Å². The Bertz CT molecular complexity index is 475. The molecule has 110 valence electrons. The maximum Gasteiger partial charge on any atom is 0.233 e. The van der Waals surface area contributed by atoms with Gasteiger partial charge in [-0.05, 0) is 31.9 Å². The van der Waals surface area contributed by atoms with Gasteiger partial charge in [-0.2, -0.15) is 0 Å². The lowest BCUT2D eigenvalue weighted by molar-refractivity contribution is -0.121. The second-order valence-corrected chi connectivity index (χ2v) is 6.56. The van der Waals surface area contributed by atoms with Crippen LogP contribution in [0.5, 0.6) is 0 Å². The summed E-state index contributed by atoms with van der Waals surface area (Å²) in [5, 5.41) is 2.62. The highest BCUT2D eigenvalue weighted by Crippen LogP contribution is 2.27. The number of hydrogen-bond donors (Lipinski definition) is 1. The van der Waals surface area contributed by atoms with Crippen molar-refractivity contribution in [2.75, 3.05) is 0 Å². The number of nitrogens with one attached hydrogen (secondary N) is 1. The molecule has 0 unspecified atom stereocenters. The molecule has 1 N–H and O–H groups in total. The maximum atomic E-state index is 13.5. The minimum absolute atomic E-state index is 0.0781. The molecule has 1 fully saturated rings. The van der Waals surface area contributed by atoms with Crippen molar-refractivity contribution >= 4 is 17.7 Å². The minimum atomic E-state index is -0.618. The van der Waals surface area contributed by atoms with Crippen LogP contribution in [0.25, 0.3) is 0 Å². The van der Waals surface area contributed by atoms with Crippen molar-refractivity contribution in [2.45, 2.75) is 55.2 Å². The number of halogens is 2. The van der Waals surface area contributed by atoms with E-state index < -0.39 is 16.9 Å². The molecule has 1 aromatic rings. The van der Waals surface area contributed by atoms with E-state index in [1.54, 1.807) is 6.92 Å². The van der Waals surface area contributed by atoms with E-state index in [-0.39, 0.29) is 11.9 Å². The van der Waals surface area contributed by atoms with Crippen LogP contribution in [0.3, 0.4) is 0 Å². The highest BCUT2D eigenvalue weighted by Gasteiger charge is 2.21. The summed E-state index contributed by atoms with van der Waals surface area (Å²) in [7, 11) is 0. The Labute approximate surface area is 122 Å². The largest absolute Gasteiger partial charge is 0.352 e. The second kappa shape index (κ2) is 7.07. The third-order valence-electron chi connectivity index (χ3n) is 3.52. The van der Waals surface area contributed by atoms with Crippen molar-refractivity contribution in [1.82, 2.24) is 5.32 Å². The molecule has 0 radical (unpaired) electrons. The first-order chi connectivity index (χ1) is 9.56. The van der Waals surface area contributed by atoms with E-state index in [1.807, 2.05) is 0 Å². The topological polar surface area (TPSA) is 29.1 Å². The molecule has 2 rings (SSSR count). The lowest BCUT2D eigenvalue weighted by atomic mass is 9.95. The molecule has 2 nitrogen and oxygen atoms in total. The third kappa shape index (κ3) is 4.20. The molecule has 20 heavy (non-hydrogen) atoms. The van der Waals surface area contributed by atoms with Gasteiger partial charge in [-0.3, -0.25) is 4.79 Å². The summed E-state index contributed by atoms with van der Waals surface area (Å²) in [6.45, 7) is 1.74. The van der Waals surface area contributed by atoms with Crippen LogP contribution in [-0.2, 0) is 4.79 Å². The standard InChI is InChI=1S/C15H19F2NOS/c1-10(15(19)18-12-5-3-2-4-6-12)20-14-8-7-11(16)9-13(14)17/h7-10,12H,2-6H2,1H3,(H,18,19)/t10-/m0/s1. The van der Waals surface area contributed by atoms with E-state index in [4.69, 9.17) is 0 Å². The van der Waals surface area contributed by atoms with E-state index in [9.17, 15) is 13.6 Å². The number of carbonyl (C=O) groups excluding carboxylic acids is 1. The van der Waals surface area contributed by atoms with Crippen LogP contribution in [0, 0.1) is 11.6 Å². The second-order valence-electron chi connectivity index (χ2n) is 5.18. The van der Waals surface area contributed by atoms with Gasteiger partial charge >= 0.3 is 0 Å². The fraction of sp³-hybridized carbons (Fsp3) is 0.533. The molecule has 0 spiro atoms. The smallest absolute Gasteiger partial charge is 0.233 e. The average Bonchev–Trinajstić information content (AvgIpc) is 2.43. The highest BCUT2D eigenvalue weighted by molar-refractivity contribution is 8.00. The van der Waals surface area contributed by atoms with Gasteiger partial charge in [-0.25, -0.2) is 8.78 Å². The zero-order valence-corrected chi connectivity index (χ0v) is 12.3. The number of carbonyl (C=O) groups is 1. The van der Waals surface area contributed by atoms with E-state index in [2.05, 4.69) is 5.32 Å². The number of benzene rings is 1. The molecular formula is C15H19F2NOS. The molecule has 1 aliphatic carbocycles. The Morgan fingerprint density at radius 1 is 1.30 bits per heavy atom. The van der Waals surface area contributed by atoms with Crippen molar-refractivity contribution < 1.29 is 13.6 Å². The Balaban J connectivity index is 1.89. The third-order valence-corrected chi connectivity index (χ3v) is 4.67. The first-order valence-corrected chi connectivity index (χ1v) is 7.86. The van der Waals surface area contributed by atoms with Gasteiger partial charge in [0.15, 0.2) is 0 Å². The van der Waals surface area contributed by atoms with Gasteiger partial charge in [0.1, 0.15) is 11.6 Å². The first-order valence-electron chi connectivity index (χ1n) is 6.98. The van der Waals surface area contributed by atoms with Gasteiger partial charge in [0.05, 0.1) is 5.25 Å². The predicted molar refractivity (Wildman–Crippen MR) is 76.7 cm³/mol. The van der Waals surface area contributed by atoms with Crippen LogP contribution in [0.2, 0.25) is 0 Å². The zero-order chi connectivity index (χ0) is 14.5.